The van der Waals surface area contributed by atoms with Crippen molar-refractivity contribution < 1.29 is 22.0 Å². The van der Waals surface area contributed by atoms with Crippen molar-refractivity contribution in [2.45, 2.75) is 29.2 Å². The van der Waals surface area contributed by atoms with E-state index >= 15 is 0 Å². The number of rotatable bonds is 7. The lowest BCUT2D eigenvalue weighted by molar-refractivity contribution is -0.115. The Kier molecular flexibility index (Phi) is 6.77. The van der Waals surface area contributed by atoms with Gasteiger partial charge in [0.2, 0.25) is 21.8 Å². The maximum absolute atomic E-state index is 13.1. The molecule has 0 aliphatic carbocycles. The fraction of sp³-hybridized carbons (Fsp3) is 0.250. The molecule has 164 valence electrons. The van der Waals surface area contributed by atoms with Crippen LogP contribution < -0.4 is 5.32 Å². The van der Waals surface area contributed by atoms with Gasteiger partial charge < -0.3 is 9.73 Å². The summed E-state index contributed by atoms with van der Waals surface area (Å²) in [6, 6.07) is 10.2. The average molecular weight is 465 g/mol. The van der Waals surface area contributed by atoms with Crippen molar-refractivity contribution in [1.82, 2.24) is 14.5 Å². The van der Waals surface area contributed by atoms with Gasteiger partial charge in [-0.2, -0.15) is 0 Å². The molecule has 1 unspecified atom stereocenters. The standard InChI is InChI=1S/C20H21FN4O4S2/c1-12-5-10-16(31(27,28)25(3)4)11-17(12)22-18(26)13(2)30-20-24-23-19(29-20)14-6-8-15(21)9-7-14/h5-11,13H,1-4H3,(H,22,26). The largest absolute Gasteiger partial charge is 0.411 e. The minimum Gasteiger partial charge on any atom is -0.411 e. The lowest BCUT2D eigenvalue weighted by Crippen LogP contribution is -2.24. The molecule has 0 aliphatic rings. The number of halogens is 1. The predicted octanol–water partition coefficient (Wildman–Crippen LogP) is 3.55. The number of carbonyl (C=O) groups is 1. The molecule has 8 nitrogen and oxygen atoms in total. The SMILES string of the molecule is Cc1ccc(S(=O)(=O)N(C)C)cc1NC(=O)C(C)Sc1nnc(-c2ccc(F)cc2)o1. The van der Waals surface area contributed by atoms with Gasteiger partial charge in [0.05, 0.1) is 10.1 Å². The van der Waals surface area contributed by atoms with E-state index in [0.717, 1.165) is 21.6 Å². The van der Waals surface area contributed by atoms with Crippen LogP contribution >= 0.6 is 11.8 Å². The lowest BCUT2D eigenvalue weighted by Gasteiger charge is -2.15. The highest BCUT2D eigenvalue weighted by molar-refractivity contribution is 8.00. The van der Waals surface area contributed by atoms with E-state index in [9.17, 15) is 17.6 Å². The number of sulfonamides is 1. The molecule has 0 saturated carbocycles. The predicted molar refractivity (Wildman–Crippen MR) is 116 cm³/mol. The van der Waals surface area contributed by atoms with Crippen molar-refractivity contribution >= 4 is 33.4 Å². The number of aryl methyl sites for hydroxylation is 1. The molecule has 3 rings (SSSR count). The Balaban J connectivity index is 1.71. The van der Waals surface area contributed by atoms with Crippen LogP contribution in [0.25, 0.3) is 11.5 Å². The summed E-state index contributed by atoms with van der Waals surface area (Å²) in [5, 5.41) is 10.2. The van der Waals surface area contributed by atoms with Gasteiger partial charge in [0, 0.05) is 25.3 Å². The quantitative estimate of drug-likeness (QED) is 0.533. The summed E-state index contributed by atoms with van der Waals surface area (Å²) in [7, 11) is -0.745. The molecule has 1 heterocycles. The molecule has 0 fully saturated rings. The van der Waals surface area contributed by atoms with Crippen LogP contribution in [0.4, 0.5) is 10.1 Å². The summed E-state index contributed by atoms with van der Waals surface area (Å²) >= 11 is 1.06. The monoisotopic (exact) mass is 464 g/mol. The van der Waals surface area contributed by atoms with Crippen molar-refractivity contribution in [2.75, 3.05) is 19.4 Å². The number of nitrogens with zero attached hydrogens (tertiary/aromatic N) is 3. The topological polar surface area (TPSA) is 105 Å². The Morgan fingerprint density at radius 2 is 1.84 bits per heavy atom. The summed E-state index contributed by atoms with van der Waals surface area (Å²) in [4.78, 5) is 12.7. The van der Waals surface area contributed by atoms with Gasteiger partial charge in [0.25, 0.3) is 5.22 Å². The third kappa shape index (κ3) is 5.30. The lowest BCUT2D eigenvalue weighted by atomic mass is 10.2. The Morgan fingerprint density at radius 1 is 1.16 bits per heavy atom. The van der Waals surface area contributed by atoms with E-state index in [-0.39, 0.29) is 27.7 Å². The molecule has 2 aromatic carbocycles. The molecule has 0 saturated heterocycles. The number of hydrogen-bond acceptors (Lipinski definition) is 7. The molecule has 0 spiro atoms. The maximum Gasteiger partial charge on any atom is 0.277 e. The number of anilines is 1. The van der Waals surface area contributed by atoms with Crippen LogP contribution in [0.5, 0.6) is 0 Å². The molecule has 1 N–H and O–H groups in total. The van der Waals surface area contributed by atoms with Crippen LogP contribution in [-0.2, 0) is 14.8 Å². The van der Waals surface area contributed by atoms with E-state index in [1.165, 1.54) is 50.5 Å². The fourth-order valence-electron chi connectivity index (χ4n) is 2.51. The molecular formula is C20H21FN4O4S2. The van der Waals surface area contributed by atoms with E-state index in [0.29, 0.717) is 11.3 Å². The third-order valence-corrected chi connectivity index (χ3v) is 7.14. The molecule has 0 radical (unpaired) electrons. The Bertz CT molecular complexity index is 1190. The van der Waals surface area contributed by atoms with Gasteiger partial charge >= 0.3 is 0 Å². The second kappa shape index (κ2) is 9.16. The van der Waals surface area contributed by atoms with E-state index in [4.69, 9.17) is 4.42 Å². The number of benzene rings is 2. The van der Waals surface area contributed by atoms with E-state index < -0.39 is 15.3 Å². The number of hydrogen-bond donors (Lipinski definition) is 1. The van der Waals surface area contributed by atoms with Crippen LogP contribution in [0.1, 0.15) is 12.5 Å². The second-order valence-electron chi connectivity index (χ2n) is 6.89. The summed E-state index contributed by atoms with van der Waals surface area (Å²) < 4.78 is 44.4. The highest BCUT2D eigenvalue weighted by Gasteiger charge is 2.22. The van der Waals surface area contributed by atoms with E-state index in [1.54, 1.807) is 19.9 Å². The molecule has 1 aromatic heterocycles. The maximum atomic E-state index is 13.1. The van der Waals surface area contributed by atoms with Crippen molar-refractivity contribution in [1.29, 1.82) is 0 Å². The van der Waals surface area contributed by atoms with Crippen LogP contribution in [-0.4, -0.2) is 48.2 Å². The minimum atomic E-state index is -3.63. The molecule has 31 heavy (non-hydrogen) atoms. The van der Waals surface area contributed by atoms with Crippen LogP contribution in [0, 0.1) is 12.7 Å². The first-order valence-corrected chi connectivity index (χ1v) is 11.5. The smallest absolute Gasteiger partial charge is 0.277 e. The zero-order chi connectivity index (χ0) is 22.8. The molecule has 1 atom stereocenters. The van der Waals surface area contributed by atoms with Crippen molar-refractivity contribution in [2.24, 2.45) is 0 Å². The van der Waals surface area contributed by atoms with E-state index in [1.807, 2.05) is 0 Å². The zero-order valence-corrected chi connectivity index (χ0v) is 18.9. The molecule has 11 heteroatoms. The number of nitrogens with one attached hydrogen (secondary N) is 1. The zero-order valence-electron chi connectivity index (χ0n) is 17.3. The number of carbonyl (C=O) groups excluding carboxylic acids is 1. The van der Waals surface area contributed by atoms with Gasteiger partial charge in [-0.25, -0.2) is 17.1 Å². The molecule has 0 bridgehead atoms. The summed E-state index contributed by atoms with van der Waals surface area (Å²) in [5.41, 5.74) is 1.69. The van der Waals surface area contributed by atoms with Gasteiger partial charge in [-0.3, -0.25) is 4.79 Å². The molecular weight excluding hydrogens is 443 g/mol. The van der Waals surface area contributed by atoms with Crippen LogP contribution in [0.3, 0.4) is 0 Å². The van der Waals surface area contributed by atoms with Gasteiger partial charge in [-0.1, -0.05) is 17.8 Å². The fourth-order valence-corrected chi connectivity index (χ4v) is 4.12. The molecule has 0 aliphatic heterocycles. The third-order valence-electron chi connectivity index (χ3n) is 4.39. The normalized spacial score (nSPS) is 12.7. The minimum absolute atomic E-state index is 0.0829. The highest BCUT2D eigenvalue weighted by atomic mass is 32.2. The molecule has 3 aromatic rings. The summed E-state index contributed by atoms with van der Waals surface area (Å²) in [6.07, 6.45) is 0. The first-order valence-electron chi connectivity index (χ1n) is 9.18. The average Bonchev–Trinajstić information content (AvgIpc) is 3.18. The van der Waals surface area contributed by atoms with Crippen LogP contribution in [0.2, 0.25) is 0 Å². The number of thioether (sulfide) groups is 1. The number of aromatic nitrogens is 2. The van der Waals surface area contributed by atoms with Gasteiger partial charge in [-0.05, 0) is 55.8 Å². The summed E-state index contributed by atoms with van der Waals surface area (Å²) in [5.74, 6) is -0.512. The van der Waals surface area contributed by atoms with Crippen molar-refractivity contribution in [3.63, 3.8) is 0 Å². The highest BCUT2D eigenvalue weighted by Crippen LogP contribution is 2.28. The first-order chi connectivity index (χ1) is 14.6. The summed E-state index contributed by atoms with van der Waals surface area (Å²) in [6.45, 7) is 3.43. The Morgan fingerprint density at radius 3 is 2.48 bits per heavy atom. The van der Waals surface area contributed by atoms with Crippen LogP contribution in [0.15, 0.2) is 57.0 Å². The Hall–Kier alpha value is -2.76. The molecule has 1 amide bonds. The van der Waals surface area contributed by atoms with E-state index in [2.05, 4.69) is 15.5 Å². The van der Waals surface area contributed by atoms with Gasteiger partial charge in [0.15, 0.2) is 0 Å². The first kappa shape index (κ1) is 22.9. The van der Waals surface area contributed by atoms with Gasteiger partial charge in [0.1, 0.15) is 5.82 Å². The van der Waals surface area contributed by atoms with Crippen molar-refractivity contribution in [3.05, 3.63) is 53.8 Å². The van der Waals surface area contributed by atoms with Gasteiger partial charge in [-0.15, -0.1) is 10.2 Å². The number of amides is 1. The second-order valence-corrected chi connectivity index (χ2v) is 10.3. The van der Waals surface area contributed by atoms with Crippen molar-refractivity contribution in [3.8, 4) is 11.5 Å². The Labute approximate surface area is 183 Å².